The second kappa shape index (κ2) is 9.51. The topological polar surface area (TPSA) is 37.7 Å². The summed E-state index contributed by atoms with van der Waals surface area (Å²) in [7, 11) is 0. The second-order valence-corrected chi connectivity index (χ2v) is 7.77. The van der Waals surface area contributed by atoms with Gasteiger partial charge in [-0.3, -0.25) is 0 Å². The number of hydrogen-bond donors (Lipinski definition) is 3. The summed E-state index contributed by atoms with van der Waals surface area (Å²) in [6.07, 6.45) is 0. The Morgan fingerprint density at radius 2 is 1.81 bits per heavy atom. The number of ether oxygens (including phenoxy) is 1. The molecule has 0 spiro atoms. The first kappa shape index (κ1) is 20.1. The van der Waals surface area contributed by atoms with Gasteiger partial charge in [-0.1, -0.05) is 48.0 Å². The summed E-state index contributed by atoms with van der Waals surface area (Å²) in [6, 6.07) is 16.9. The number of quaternary nitrogens is 1. The molecule has 3 N–H and O–H groups in total. The molecule has 0 unspecified atom stereocenters. The number of benzene rings is 2. The van der Waals surface area contributed by atoms with E-state index in [-0.39, 0.29) is 6.04 Å². The van der Waals surface area contributed by atoms with Crippen molar-refractivity contribution in [2.24, 2.45) is 0 Å². The van der Waals surface area contributed by atoms with Crippen molar-refractivity contribution in [3.63, 3.8) is 0 Å². The molecule has 1 aliphatic rings. The Morgan fingerprint density at radius 3 is 2.52 bits per heavy atom. The van der Waals surface area contributed by atoms with Crippen LogP contribution < -0.4 is 15.5 Å². The van der Waals surface area contributed by atoms with Crippen LogP contribution in [0.25, 0.3) is 0 Å². The number of nitrogens with one attached hydrogen (secondary N) is 3. The maximum absolute atomic E-state index is 6.22. The van der Waals surface area contributed by atoms with Crippen LogP contribution in [-0.4, -0.2) is 37.5 Å². The van der Waals surface area contributed by atoms with E-state index in [9.17, 15) is 0 Å². The quantitative estimate of drug-likeness (QED) is 0.670. The van der Waals surface area contributed by atoms with Gasteiger partial charge in [0.25, 0.3) is 0 Å². The van der Waals surface area contributed by atoms with Crippen LogP contribution in [0, 0.1) is 6.92 Å². The summed E-state index contributed by atoms with van der Waals surface area (Å²) in [5.41, 5.74) is 3.24. The number of anilines is 1. The van der Waals surface area contributed by atoms with Gasteiger partial charge in [-0.2, -0.15) is 0 Å². The number of rotatable bonds is 5. The average molecular weight is 405 g/mol. The van der Waals surface area contributed by atoms with Gasteiger partial charge in [0.15, 0.2) is 5.11 Å². The van der Waals surface area contributed by atoms with Crippen molar-refractivity contribution in [2.75, 3.05) is 31.6 Å². The predicted molar refractivity (Wildman–Crippen MR) is 116 cm³/mol. The van der Waals surface area contributed by atoms with Crippen molar-refractivity contribution >= 4 is 34.6 Å². The molecule has 1 fully saturated rings. The Kier molecular flexibility index (Phi) is 7.07. The van der Waals surface area contributed by atoms with E-state index in [1.54, 1.807) is 0 Å². The molecule has 0 bridgehead atoms. The van der Waals surface area contributed by atoms with Crippen LogP contribution in [0.4, 0.5) is 5.69 Å². The molecule has 0 aromatic heterocycles. The number of thiocarbonyl (C=S) groups is 1. The molecule has 2 aromatic carbocycles. The van der Waals surface area contributed by atoms with Crippen molar-refractivity contribution in [2.45, 2.75) is 25.9 Å². The van der Waals surface area contributed by atoms with Crippen molar-refractivity contribution < 1.29 is 9.64 Å². The van der Waals surface area contributed by atoms with Crippen molar-refractivity contribution in [3.8, 4) is 0 Å². The van der Waals surface area contributed by atoms with E-state index in [2.05, 4.69) is 47.9 Å². The fraction of sp³-hybridized carbons (Fsp3) is 0.381. The minimum atomic E-state index is 0.167. The van der Waals surface area contributed by atoms with Gasteiger partial charge < -0.3 is 20.3 Å². The van der Waals surface area contributed by atoms with E-state index in [4.69, 9.17) is 28.6 Å². The minimum absolute atomic E-state index is 0.167. The molecule has 27 heavy (non-hydrogen) atoms. The third-order valence-corrected chi connectivity index (χ3v) is 5.74. The van der Waals surface area contributed by atoms with Crippen LogP contribution in [0.5, 0.6) is 0 Å². The highest BCUT2D eigenvalue weighted by atomic mass is 35.5. The highest BCUT2D eigenvalue weighted by molar-refractivity contribution is 7.80. The lowest BCUT2D eigenvalue weighted by Gasteiger charge is -2.36. The van der Waals surface area contributed by atoms with E-state index in [1.807, 2.05) is 25.1 Å². The number of hydrogen-bond acceptors (Lipinski definition) is 2. The molecule has 1 aliphatic heterocycles. The zero-order valence-corrected chi connectivity index (χ0v) is 17.4. The third-order valence-electron chi connectivity index (χ3n) is 5.11. The summed E-state index contributed by atoms with van der Waals surface area (Å²) >= 11 is 11.8. The maximum atomic E-state index is 6.22. The summed E-state index contributed by atoms with van der Waals surface area (Å²) in [4.78, 5) is 1.52. The molecule has 4 nitrogen and oxygen atoms in total. The zero-order chi connectivity index (χ0) is 19.2. The molecular formula is C21H27ClN3OS+. The normalized spacial score (nSPS) is 17.1. The van der Waals surface area contributed by atoms with Crippen LogP contribution in [0.1, 0.15) is 24.1 Å². The SMILES string of the molecule is Cc1c(Cl)cccc1NC(=S)N[C@H](C)[C@H](c1ccccc1)[NH+]1CCOCC1. The molecule has 3 rings (SSSR count). The van der Waals surface area contributed by atoms with Crippen molar-refractivity contribution in [3.05, 3.63) is 64.7 Å². The monoisotopic (exact) mass is 404 g/mol. The number of morpholine rings is 1. The van der Waals surface area contributed by atoms with Crippen molar-refractivity contribution in [1.29, 1.82) is 0 Å². The van der Waals surface area contributed by atoms with E-state index < -0.39 is 0 Å². The summed E-state index contributed by atoms with van der Waals surface area (Å²) < 4.78 is 5.56. The fourth-order valence-electron chi connectivity index (χ4n) is 3.67. The predicted octanol–water partition coefficient (Wildman–Crippen LogP) is 2.98. The lowest BCUT2D eigenvalue weighted by atomic mass is 9.98. The Balaban J connectivity index is 1.72. The van der Waals surface area contributed by atoms with Gasteiger partial charge in [-0.25, -0.2) is 0 Å². The van der Waals surface area contributed by atoms with Crippen LogP contribution in [0.3, 0.4) is 0 Å². The molecule has 2 aromatic rings. The Morgan fingerprint density at radius 1 is 1.11 bits per heavy atom. The summed E-state index contributed by atoms with van der Waals surface area (Å²) in [6.45, 7) is 7.78. The fourth-order valence-corrected chi connectivity index (χ4v) is 4.14. The first-order valence-corrected chi connectivity index (χ1v) is 10.1. The molecule has 0 saturated carbocycles. The van der Waals surface area contributed by atoms with E-state index >= 15 is 0 Å². The van der Waals surface area contributed by atoms with Gasteiger partial charge in [-0.15, -0.1) is 0 Å². The molecule has 1 saturated heterocycles. The lowest BCUT2D eigenvalue weighted by molar-refractivity contribution is -0.940. The molecule has 0 amide bonds. The smallest absolute Gasteiger partial charge is 0.171 e. The van der Waals surface area contributed by atoms with Crippen LogP contribution in [0.2, 0.25) is 5.02 Å². The third kappa shape index (κ3) is 5.20. The maximum Gasteiger partial charge on any atom is 0.171 e. The minimum Gasteiger partial charge on any atom is -0.370 e. The van der Waals surface area contributed by atoms with Gasteiger partial charge in [-0.05, 0) is 43.8 Å². The second-order valence-electron chi connectivity index (χ2n) is 6.96. The molecule has 144 valence electrons. The van der Waals surface area contributed by atoms with Gasteiger partial charge in [0, 0.05) is 16.3 Å². The van der Waals surface area contributed by atoms with Gasteiger partial charge >= 0.3 is 0 Å². The van der Waals surface area contributed by atoms with Gasteiger partial charge in [0.2, 0.25) is 0 Å². The molecule has 0 radical (unpaired) electrons. The lowest BCUT2D eigenvalue weighted by Crippen LogP contribution is -3.15. The van der Waals surface area contributed by atoms with Gasteiger partial charge in [0.1, 0.15) is 19.1 Å². The van der Waals surface area contributed by atoms with E-state index in [0.29, 0.717) is 11.2 Å². The summed E-state index contributed by atoms with van der Waals surface area (Å²) in [5, 5.41) is 8.12. The molecule has 1 heterocycles. The number of halogens is 1. The Bertz CT molecular complexity index is 765. The average Bonchev–Trinajstić information content (AvgIpc) is 2.67. The molecule has 0 aliphatic carbocycles. The van der Waals surface area contributed by atoms with Gasteiger partial charge in [0.05, 0.1) is 19.3 Å². The molecule has 6 heteroatoms. The largest absolute Gasteiger partial charge is 0.370 e. The Labute approximate surface area is 171 Å². The first-order chi connectivity index (χ1) is 13.1. The first-order valence-electron chi connectivity index (χ1n) is 9.36. The van der Waals surface area contributed by atoms with Crippen LogP contribution in [0.15, 0.2) is 48.5 Å². The highest BCUT2D eigenvalue weighted by Crippen LogP contribution is 2.23. The highest BCUT2D eigenvalue weighted by Gasteiger charge is 2.31. The zero-order valence-electron chi connectivity index (χ0n) is 15.8. The van der Waals surface area contributed by atoms with E-state index in [1.165, 1.54) is 10.5 Å². The van der Waals surface area contributed by atoms with Crippen LogP contribution in [-0.2, 0) is 4.74 Å². The standard InChI is InChI=1S/C21H26ClN3OS/c1-15-18(22)9-6-10-19(15)24-21(27)23-16(2)20(17-7-4-3-5-8-17)25-11-13-26-14-12-25/h3-10,16,20H,11-14H2,1-2H3,(H2,23,24,27)/p+1/t16-,20-/m1/s1. The van der Waals surface area contributed by atoms with E-state index in [0.717, 1.165) is 42.6 Å². The Hall–Kier alpha value is -1.66. The van der Waals surface area contributed by atoms with Crippen molar-refractivity contribution in [1.82, 2.24) is 5.32 Å². The van der Waals surface area contributed by atoms with Crippen LogP contribution >= 0.6 is 23.8 Å². The summed E-state index contributed by atoms with van der Waals surface area (Å²) in [5.74, 6) is 0. The molecule has 2 atom stereocenters. The molecular weight excluding hydrogens is 378 g/mol.